The lowest BCUT2D eigenvalue weighted by Gasteiger charge is -2.31. The molecule has 3 heteroatoms. The Kier molecular flexibility index (Phi) is 5.54. The molecule has 1 aliphatic rings. The van der Waals surface area contributed by atoms with E-state index in [2.05, 4.69) is 49.9 Å². The number of nitrogens with zero attached hydrogens (tertiary/aromatic N) is 1. The number of carbonyl (C=O) groups excluding carboxylic acids is 1. The largest absolute Gasteiger partial charge is 0.464 e. The Hall–Kier alpha value is -2.13. The van der Waals surface area contributed by atoms with Crippen LogP contribution in [0.2, 0.25) is 0 Å². The van der Waals surface area contributed by atoms with E-state index in [1.54, 1.807) is 0 Å². The summed E-state index contributed by atoms with van der Waals surface area (Å²) in [6.45, 7) is 9.63. The van der Waals surface area contributed by atoms with Crippen molar-refractivity contribution in [2.24, 2.45) is 0 Å². The minimum Gasteiger partial charge on any atom is -0.464 e. The molecule has 0 aromatic heterocycles. The first kappa shape index (κ1) is 17.7. The summed E-state index contributed by atoms with van der Waals surface area (Å²) in [5.74, 6) is -0.161. The van der Waals surface area contributed by atoms with Gasteiger partial charge in [0.1, 0.15) is 12.5 Å². The van der Waals surface area contributed by atoms with Crippen LogP contribution in [0.4, 0.5) is 0 Å². The van der Waals surface area contributed by atoms with E-state index in [0.29, 0.717) is 12.5 Å². The molecule has 0 saturated carbocycles. The van der Waals surface area contributed by atoms with Crippen molar-refractivity contribution in [3.05, 3.63) is 70.8 Å². The molecule has 2 aromatic rings. The van der Waals surface area contributed by atoms with Crippen LogP contribution in [0.25, 0.3) is 0 Å². The molecule has 3 rings (SSSR count). The quantitative estimate of drug-likeness (QED) is 0.741. The van der Waals surface area contributed by atoms with Crippen molar-refractivity contribution in [1.29, 1.82) is 0 Å². The fraction of sp³-hybridized carbons (Fsp3) is 0.409. The lowest BCUT2D eigenvalue weighted by atomic mass is 9.73. The second-order valence-corrected chi connectivity index (χ2v) is 6.61. The number of carbonyl (C=O) groups is 1. The average molecular weight is 337 g/mol. The fourth-order valence-corrected chi connectivity index (χ4v) is 3.82. The lowest BCUT2D eigenvalue weighted by molar-refractivity contribution is -0.144. The van der Waals surface area contributed by atoms with Gasteiger partial charge in [0.2, 0.25) is 0 Å². The Morgan fingerprint density at radius 3 is 1.88 bits per heavy atom. The van der Waals surface area contributed by atoms with Gasteiger partial charge in [-0.25, -0.2) is 0 Å². The third-order valence-electron chi connectivity index (χ3n) is 5.33. The lowest BCUT2D eigenvalue weighted by Crippen LogP contribution is -2.30. The molecule has 0 heterocycles. The minimum atomic E-state index is -0.319. The smallest absolute Gasteiger partial charge is 0.317 e. The van der Waals surface area contributed by atoms with Gasteiger partial charge in [-0.15, -0.1) is 0 Å². The van der Waals surface area contributed by atoms with Gasteiger partial charge in [-0.1, -0.05) is 69.3 Å². The van der Waals surface area contributed by atoms with Crippen molar-refractivity contribution in [2.45, 2.75) is 32.6 Å². The maximum atomic E-state index is 12.9. The molecule has 132 valence electrons. The van der Waals surface area contributed by atoms with Gasteiger partial charge in [-0.2, -0.15) is 0 Å². The molecule has 0 atom stereocenters. The van der Waals surface area contributed by atoms with Crippen LogP contribution in [0.5, 0.6) is 0 Å². The predicted octanol–water partition coefficient (Wildman–Crippen LogP) is 4.17. The molecule has 0 spiro atoms. The highest BCUT2D eigenvalue weighted by molar-refractivity contribution is 5.84. The highest BCUT2D eigenvalue weighted by Crippen LogP contribution is 2.43. The summed E-state index contributed by atoms with van der Waals surface area (Å²) in [5.41, 5.74) is 4.63. The summed E-state index contributed by atoms with van der Waals surface area (Å²) in [7, 11) is 0. The molecule has 0 fully saturated rings. The SMILES string of the molecule is CCN(CC)CCOC(=O)C1c2ccccc2C(C)c2ccccc21. The molecule has 0 radical (unpaired) electrons. The molecular weight excluding hydrogens is 310 g/mol. The Labute approximate surface area is 150 Å². The van der Waals surface area contributed by atoms with E-state index < -0.39 is 0 Å². The van der Waals surface area contributed by atoms with Crippen LogP contribution in [0.1, 0.15) is 54.9 Å². The van der Waals surface area contributed by atoms with Gasteiger partial charge < -0.3 is 9.64 Å². The standard InChI is InChI=1S/C22H27NO2/c1-4-23(5-2)14-15-25-22(24)21-19-12-8-6-10-17(19)16(3)18-11-7-9-13-20(18)21/h6-13,16,21H,4-5,14-15H2,1-3H3. The van der Waals surface area contributed by atoms with Gasteiger partial charge in [0.25, 0.3) is 0 Å². The van der Waals surface area contributed by atoms with Gasteiger partial charge in [-0.3, -0.25) is 4.79 Å². The summed E-state index contributed by atoms with van der Waals surface area (Å²) in [4.78, 5) is 15.2. The van der Waals surface area contributed by atoms with E-state index in [9.17, 15) is 4.79 Å². The molecule has 25 heavy (non-hydrogen) atoms. The molecule has 0 unspecified atom stereocenters. The number of fused-ring (bicyclic) bond motifs is 2. The van der Waals surface area contributed by atoms with Crippen LogP contribution < -0.4 is 0 Å². The highest BCUT2D eigenvalue weighted by atomic mass is 16.5. The molecule has 0 bridgehead atoms. The molecule has 1 aliphatic carbocycles. The second-order valence-electron chi connectivity index (χ2n) is 6.61. The first-order chi connectivity index (χ1) is 12.2. The molecule has 2 aromatic carbocycles. The Morgan fingerprint density at radius 2 is 1.40 bits per heavy atom. The Balaban J connectivity index is 1.86. The monoisotopic (exact) mass is 337 g/mol. The zero-order valence-electron chi connectivity index (χ0n) is 15.4. The number of likely N-dealkylation sites (N-methyl/N-ethyl adjacent to an activating group) is 1. The molecule has 3 nitrogen and oxygen atoms in total. The van der Waals surface area contributed by atoms with Gasteiger partial charge in [0.15, 0.2) is 0 Å². The number of esters is 1. The maximum absolute atomic E-state index is 12.9. The van der Waals surface area contributed by atoms with Gasteiger partial charge in [-0.05, 0) is 35.3 Å². The first-order valence-electron chi connectivity index (χ1n) is 9.24. The van der Waals surface area contributed by atoms with E-state index in [4.69, 9.17) is 4.74 Å². The third-order valence-corrected chi connectivity index (χ3v) is 5.33. The summed E-state index contributed by atoms with van der Waals surface area (Å²) in [5, 5.41) is 0. The van der Waals surface area contributed by atoms with E-state index in [0.717, 1.165) is 30.8 Å². The van der Waals surface area contributed by atoms with Crippen LogP contribution in [0.3, 0.4) is 0 Å². The summed E-state index contributed by atoms with van der Waals surface area (Å²) >= 11 is 0. The highest BCUT2D eigenvalue weighted by Gasteiger charge is 2.34. The van der Waals surface area contributed by atoms with Gasteiger partial charge in [0.05, 0.1) is 0 Å². The van der Waals surface area contributed by atoms with Crippen LogP contribution in [-0.4, -0.2) is 37.1 Å². The van der Waals surface area contributed by atoms with Crippen LogP contribution in [-0.2, 0) is 9.53 Å². The van der Waals surface area contributed by atoms with Gasteiger partial charge in [0, 0.05) is 12.5 Å². The van der Waals surface area contributed by atoms with Crippen LogP contribution in [0, 0.1) is 0 Å². The molecule has 0 aliphatic heterocycles. The van der Waals surface area contributed by atoms with Crippen molar-refractivity contribution >= 4 is 5.97 Å². The van der Waals surface area contributed by atoms with Crippen molar-refractivity contribution in [3.8, 4) is 0 Å². The Bertz CT molecular complexity index is 689. The number of hydrogen-bond donors (Lipinski definition) is 0. The average Bonchev–Trinajstić information content (AvgIpc) is 2.65. The van der Waals surface area contributed by atoms with Crippen LogP contribution in [0.15, 0.2) is 48.5 Å². The fourth-order valence-electron chi connectivity index (χ4n) is 3.82. The topological polar surface area (TPSA) is 29.5 Å². The van der Waals surface area contributed by atoms with Gasteiger partial charge >= 0.3 is 5.97 Å². The third kappa shape index (κ3) is 3.47. The number of benzene rings is 2. The van der Waals surface area contributed by atoms with Crippen molar-refractivity contribution < 1.29 is 9.53 Å². The van der Waals surface area contributed by atoms with E-state index in [1.165, 1.54) is 11.1 Å². The van der Waals surface area contributed by atoms with E-state index >= 15 is 0 Å². The van der Waals surface area contributed by atoms with Crippen LogP contribution >= 0.6 is 0 Å². The minimum absolute atomic E-state index is 0.140. The normalized spacial score (nSPS) is 18.6. The second kappa shape index (κ2) is 7.83. The number of ether oxygens (including phenoxy) is 1. The van der Waals surface area contributed by atoms with Crippen molar-refractivity contribution in [3.63, 3.8) is 0 Å². The molecule has 0 amide bonds. The molecular formula is C22H27NO2. The molecule has 0 N–H and O–H groups in total. The number of rotatable bonds is 6. The zero-order valence-corrected chi connectivity index (χ0v) is 15.4. The van der Waals surface area contributed by atoms with E-state index in [1.807, 2.05) is 24.3 Å². The first-order valence-corrected chi connectivity index (χ1v) is 9.24. The summed E-state index contributed by atoms with van der Waals surface area (Å²) < 4.78 is 5.68. The maximum Gasteiger partial charge on any atom is 0.317 e. The number of hydrogen-bond acceptors (Lipinski definition) is 3. The zero-order chi connectivity index (χ0) is 17.8. The Morgan fingerprint density at radius 1 is 0.920 bits per heavy atom. The summed E-state index contributed by atoms with van der Waals surface area (Å²) in [6.07, 6.45) is 0. The predicted molar refractivity (Wildman–Crippen MR) is 101 cm³/mol. The van der Waals surface area contributed by atoms with Crippen molar-refractivity contribution in [1.82, 2.24) is 4.90 Å². The molecule has 0 saturated heterocycles. The van der Waals surface area contributed by atoms with E-state index in [-0.39, 0.29) is 11.9 Å². The van der Waals surface area contributed by atoms with Crippen molar-refractivity contribution in [2.75, 3.05) is 26.2 Å². The summed E-state index contributed by atoms with van der Waals surface area (Å²) in [6, 6.07) is 16.5.